The van der Waals surface area contributed by atoms with E-state index < -0.39 is 23.3 Å². The van der Waals surface area contributed by atoms with Gasteiger partial charge in [-0.15, -0.1) is 0 Å². The highest BCUT2D eigenvalue weighted by molar-refractivity contribution is 5.73. The molecule has 102 valence electrons. The highest BCUT2D eigenvalue weighted by atomic mass is 19.4. The van der Waals surface area contributed by atoms with Gasteiger partial charge < -0.3 is 4.74 Å². The Hall–Kier alpha value is -2.03. The SMILES string of the molecule is CCOC(=O)Cc1cc(C#N)c(C(F)(F)F)cc1C. The van der Waals surface area contributed by atoms with Crippen LogP contribution in [0.4, 0.5) is 13.2 Å². The van der Waals surface area contributed by atoms with Gasteiger partial charge in [0.15, 0.2) is 0 Å². The Morgan fingerprint density at radius 3 is 2.53 bits per heavy atom. The average Bonchev–Trinajstić information content (AvgIpc) is 2.30. The van der Waals surface area contributed by atoms with E-state index in [1.807, 2.05) is 0 Å². The molecule has 0 spiro atoms. The van der Waals surface area contributed by atoms with E-state index in [4.69, 9.17) is 10.00 Å². The first-order chi connectivity index (χ1) is 8.79. The zero-order chi connectivity index (χ0) is 14.6. The van der Waals surface area contributed by atoms with Crippen LogP contribution in [0.1, 0.15) is 29.2 Å². The molecule has 0 aliphatic carbocycles. The molecule has 0 aliphatic rings. The van der Waals surface area contributed by atoms with Crippen LogP contribution in [0.2, 0.25) is 0 Å². The van der Waals surface area contributed by atoms with E-state index in [2.05, 4.69) is 0 Å². The molecule has 0 atom stereocenters. The molecular formula is C13H12F3NO2. The van der Waals surface area contributed by atoms with Gasteiger partial charge in [-0.05, 0) is 37.1 Å². The Morgan fingerprint density at radius 1 is 1.42 bits per heavy atom. The molecule has 0 unspecified atom stereocenters. The minimum absolute atomic E-state index is 0.146. The maximum Gasteiger partial charge on any atom is 0.417 e. The van der Waals surface area contributed by atoms with Gasteiger partial charge in [-0.3, -0.25) is 4.79 Å². The van der Waals surface area contributed by atoms with Crippen molar-refractivity contribution >= 4 is 5.97 Å². The number of esters is 1. The Bertz CT molecular complexity index is 530. The predicted octanol–water partition coefficient (Wildman–Crippen LogP) is 2.99. The van der Waals surface area contributed by atoms with Gasteiger partial charge in [0.05, 0.1) is 30.2 Å². The Kier molecular flexibility index (Phi) is 4.54. The molecule has 6 heteroatoms. The molecule has 0 amide bonds. The quantitative estimate of drug-likeness (QED) is 0.794. The van der Waals surface area contributed by atoms with E-state index >= 15 is 0 Å². The van der Waals surface area contributed by atoms with Crippen molar-refractivity contribution < 1.29 is 22.7 Å². The fourth-order valence-electron chi connectivity index (χ4n) is 1.64. The molecule has 3 nitrogen and oxygen atoms in total. The third kappa shape index (κ3) is 3.71. The summed E-state index contributed by atoms with van der Waals surface area (Å²) < 4.78 is 42.8. The van der Waals surface area contributed by atoms with E-state index in [0.29, 0.717) is 11.1 Å². The standard InChI is InChI=1S/C13H12F3NO2/c1-3-19-12(18)6-9-5-10(7-17)11(4-8(9)2)13(14,15)16/h4-5H,3,6H2,1-2H3. The zero-order valence-electron chi connectivity index (χ0n) is 10.5. The number of benzene rings is 1. The molecule has 1 rings (SSSR count). The fraction of sp³-hybridized carbons (Fsp3) is 0.385. The van der Waals surface area contributed by atoms with Crippen molar-refractivity contribution in [1.29, 1.82) is 5.26 Å². The van der Waals surface area contributed by atoms with Gasteiger partial charge in [-0.2, -0.15) is 18.4 Å². The Morgan fingerprint density at radius 2 is 2.05 bits per heavy atom. The van der Waals surface area contributed by atoms with Crippen molar-refractivity contribution in [2.45, 2.75) is 26.4 Å². The lowest BCUT2D eigenvalue weighted by molar-refractivity contribution is -0.142. The molecule has 0 aromatic heterocycles. The van der Waals surface area contributed by atoms with Crippen LogP contribution in [0.3, 0.4) is 0 Å². The van der Waals surface area contributed by atoms with Crippen LogP contribution in [-0.2, 0) is 22.1 Å². The van der Waals surface area contributed by atoms with Crippen LogP contribution in [0.25, 0.3) is 0 Å². The molecule has 0 saturated heterocycles. The number of nitrogens with zero attached hydrogens (tertiary/aromatic N) is 1. The van der Waals surface area contributed by atoms with Crippen molar-refractivity contribution in [3.05, 3.63) is 34.4 Å². The van der Waals surface area contributed by atoms with Gasteiger partial charge in [-0.25, -0.2) is 0 Å². The largest absolute Gasteiger partial charge is 0.466 e. The fourth-order valence-corrected chi connectivity index (χ4v) is 1.64. The number of carbonyl (C=O) groups is 1. The normalized spacial score (nSPS) is 10.9. The van der Waals surface area contributed by atoms with Crippen LogP contribution in [-0.4, -0.2) is 12.6 Å². The van der Waals surface area contributed by atoms with Crippen molar-refractivity contribution in [3.63, 3.8) is 0 Å². The number of rotatable bonds is 3. The predicted molar refractivity (Wildman–Crippen MR) is 61.2 cm³/mol. The van der Waals surface area contributed by atoms with Crippen molar-refractivity contribution in [2.24, 2.45) is 0 Å². The summed E-state index contributed by atoms with van der Waals surface area (Å²) in [4.78, 5) is 11.3. The van der Waals surface area contributed by atoms with Gasteiger partial charge in [-0.1, -0.05) is 0 Å². The lowest BCUT2D eigenvalue weighted by atomic mass is 9.97. The first kappa shape index (κ1) is 15.0. The summed E-state index contributed by atoms with van der Waals surface area (Å²) in [5, 5.41) is 8.77. The Labute approximate surface area is 108 Å². The van der Waals surface area contributed by atoms with Crippen LogP contribution < -0.4 is 0 Å². The summed E-state index contributed by atoms with van der Waals surface area (Å²) in [6.07, 6.45) is -4.73. The summed E-state index contributed by atoms with van der Waals surface area (Å²) in [7, 11) is 0. The van der Waals surface area contributed by atoms with Crippen LogP contribution in [0.15, 0.2) is 12.1 Å². The summed E-state index contributed by atoms with van der Waals surface area (Å²) >= 11 is 0. The minimum atomic E-state index is -4.59. The number of halogens is 3. The topological polar surface area (TPSA) is 50.1 Å². The number of hydrogen-bond donors (Lipinski definition) is 0. The van der Waals surface area contributed by atoms with Gasteiger partial charge in [0.2, 0.25) is 0 Å². The van der Waals surface area contributed by atoms with E-state index in [9.17, 15) is 18.0 Å². The van der Waals surface area contributed by atoms with Gasteiger partial charge in [0, 0.05) is 0 Å². The third-order valence-corrected chi connectivity index (χ3v) is 2.54. The number of carbonyl (C=O) groups excluding carboxylic acids is 1. The molecule has 0 bridgehead atoms. The number of hydrogen-bond acceptors (Lipinski definition) is 3. The number of nitriles is 1. The molecule has 1 aromatic rings. The van der Waals surface area contributed by atoms with Gasteiger partial charge in [0.1, 0.15) is 0 Å². The average molecular weight is 271 g/mol. The van der Waals surface area contributed by atoms with E-state index in [1.165, 1.54) is 13.0 Å². The van der Waals surface area contributed by atoms with Crippen LogP contribution in [0.5, 0.6) is 0 Å². The van der Waals surface area contributed by atoms with Crippen molar-refractivity contribution in [1.82, 2.24) is 0 Å². The van der Waals surface area contributed by atoms with E-state index in [1.54, 1.807) is 6.92 Å². The summed E-state index contributed by atoms with van der Waals surface area (Å²) in [6.45, 7) is 3.30. The molecule has 19 heavy (non-hydrogen) atoms. The maximum absolute atomic E-state index is 12.7. The van der Waals surface area contributed by atoms with Gasteiger partial charge in [0.25, 0.3) is 0 Å². The van der Waals surface area contributed by atoms with Crippen LogP contribution >= 0.6 is 0 Å². The molecule has 0 fully saturated rings. The summed E-state index contributed by atoms with van der Waals surface area (Å²) in [5.74, 6) is -0.533. The Balaban J connectivity index is 3.18. The number of aryl methyl sites for hydroxylation is 1. The zero-order valence-corrected chi connectivity index (χ0v) is 10.5. The van der Waals surface area contributed by atoms with Gasteiger partial charge >= 0.3 is 12.1 Å². The van der Waals surface area contributed by atoms with Crippen molar-refractivity contribution in [3.8, 4) is 6.07 Å². The lowest BCUT2D eigenvalue weighted by Gasteiger charge is -2.13. The monoisotopic (exact) mass is 271 g/mol. The van der Waals surface area contributed by atoms with E-state index in [-0.39, 0.29) is 13.0 Å². The molecule has 0 heterocycles. The molecule has 0 aliphatic heterocycles. The highest BCUT2D eigenvalue weighted by Crippen LogP contribution is 2.33. The second kappa shape index (κ2) is 5.74. The minimum Gasteiger partial charge on any atom is -0.466 e. The third-order valence-electron chi connectivity index (χ3n) is 2.54. The second-order valence-corrected chi connectivity index (χ2v) is 3.92. The molecule has 0 N–H and O–H groups in total. The smallest absolute Gasteiger partial charge is 0.417 e. The molecule has 1 aromatic carbocycles. The first-order valence-corrected chi connectivity index (χ1v) is 5.56. The highest BCUT2D eigenvalue weighted by Gasteiger charge is 2.34. The molecular weight excluding hydrogens is 259 g/mol. The molecule has 0 saturated carbocycles. The summed E-state index contributed by atoms with van der Waals surface area (Å²) in [6, 6.07) is 3.48. The van der Waals surface area contributed by atoms with Crippen molar-refractivity contribution in [2.75, 3.05) is 6.61 Å². The lowest BCUT2D eigenvalue weighted by Crippen LogP contribution is -2.12. The number of ether oxygens (including phenoxy) is 1. The van der Waals surface area contributed by atoms with Crippen LogP contribution in [0, 0.1) is 18.3 Å². The number of alkyl halides is 3. The first-order valence-electron chi connectivity index (χ1n) is 5.56. The maximum atomic E-state index is 12.7. The molecule has 0 radical (unpaired) electrons. The van der Waals surface area contributed by atoms with E-state index in [0.717, 1.165) is 12.1 Å². The second-order valence-electron chi connectivity index (χ2n) is 3.92. The summed E-state index contributed by atoms with van der Waals surface area (Å²) in [5.41, 5.74) is -0.806.